The molecule has 0 radical (unpaired) electrons. The van der Waals surface area contributed by atoms with E-state index in [1.807, 2.05) is 13.0 Å². The van der Waals surface area contributed by atoms with Crippen LogP contribution < -0.4 is 10.6 Å². The maximum Gasteiger partial charge on any atom is 0.135 e. The van der Waals surface area contributed by atoms with E-state index in [2.05, 4.69) is 51.7 Å². The molecule has 0 spiro atoms. The Labute approximate surface area is 123 Å². The maximum absolute atomic E-state index is 4.55. The molecular weight excluding hydrogens is 270 g/mol. The Bertz CT molecular complexity index is 564. The summed E-state index contributed by atoms with van der Waals surface area (Å²) in [5.74, 6) is 2.85. The number of nitrogens with one attached hydrogen (secondary N) is 2. The van der Waals surface area contributed by atoms with E-state index in [1.54, 1.807) is 11.3 Å². The highest BCUT2D eigenvalue weighted by atomic mass is 32.1. The van der Waals surface area contributed by atoms with Gasteiger partial charge in [0, 0.05) is 23.9 Å². The zero-order valence-corrected chi connectivity index (χ0v) is 13.2. The van der Waals surface area contributed by atoms with Gasteiger partial charge in [-0.1, -0.05) is 13.8 Å². The molecule has 2 aromatic rings. The molecular formula is C14H21N5S. The normalized spacial score (nSPS) is 10.8. The predicted molar refractivity (Wildman–Crippen MR) is 84.5 cm³/mol. The fraction of sp³-hybridized carbons (Fsp3) is 0.500. The molecule has 6 heteroatoms. The van der Waals surface area contributed by atoms with E-state index in [0.717, 1.165) is 34.7 Å². The van der Waals surface area contributed by atoms with Crippen LogP contribution in [-0.4, -0.2) is 21.5 Å². The van der Waals surface area contributed by atoms with Crippen molar-refractivity contribution in [2.24, 2.45) is 0 Å². The summed E-state index contributed by atoms with van der Waals surface area (Å²) < 4.78 is 0. The van der Waals surface area contributed by atoms with Gasteiger partial charge in [0.2, 0.25) is 0 Å². The Morgan fingerprint density at radius 3 is 2.40 bits per heavy atom. The molecule has 2 heterocycles. The first-order chi connectivity index (χ1) is 9.58. The lowest BCUT2D eigenvalue weighted by Gasteiger charge is -2.11. The van der Waals surface area contributed by atoms with E-state index in [0.29, 0.717) is 12.5 Å². The molecule has 0 saturated heterocycles. The Morgan fingerprint density at radius 1 is 1.15 bits per heavy atom. The molecule has 0 aliphatic carbocycles. The van der Waals surface area contributed by atoms with Crippen LogP contribution in [0.5, 0.6) is 0 Å². The number of aryl methyl sites for hydroxylation is 1. The molecule has 0 saturated carbocycles. The van der Waals surface area contributed by atoms with Crippen molar-refractivity contribution in [2.75, 3.05) is 17.2 Å². The van der Waals surface area contributed by atoms with Crippen molar-refractivity contribution in [2.45, 2.75) is 40.2 Å². The zero-order valence-electron chi connectivity index (χ0n) is 12.4. The van der Waals surface area contributed by atoms with Crippen LogP contribution in [-0.2, 0) is 6.54 Å². The number of nitrogens with zero attached hydrogens (tertiary/aromatic N) is 3. The van der Waals surface area contributed by atoms with Gasteiger partial charge in [-0.2, -0.15) is 0 Å². The highest BCUT2D eigenvalue weighted by Crippen LogP contribution is 2.18. The number of anilines is 2. The third-order valence-corrected chi connectivity index (χ3v) is 3.56. The van der Waals surface area contributed by atoms with Gasteiger partial charge < -0.3 is 10.6 Å². The third kappa shape index (κ3) is 3.90. The topological polar surface area (TPSA) is 62.7 Å². The summed E-state index contributed by atoms with van der Waals surface area (Å²) in [5.41, 5.74) is 1.04. The average molecular weight is 291 g/mol. The van der Waals surface area contributed by atoms with Gasteiger partial charge >= 0.3 is 0 Å². The van der Waals surface area contributed by atoms with Gasteiger partial charge in [0.05, 0.1) is 17.2 Å². The standard InChI is InChI=1S/C14H21N5S/c1-5-15-12-6-13(19-14(18-12)9(2)3)16-7-11-8-20-10(4)17-11/h6,8-9H,5,7H2,1-4H3,(H2,15,16,18,19). The van der Waals surface area contributed by atoms with Crippen LogP contribution in [0.3, 0.4) is 0 Å². The van der Waals surface area contributed by atoms with E-state index in [9.17, 15) is 0 Å². The first-order valence-corrected chi connectivity index (χ1v) is 7.74. The van der Waals surface area contributed by atoms with Gasteiger partial charge in [0.25, 0.3) is 0 Å². The molecule has 0 aliphatic rings. The van der Waals surface area contributed by atoms with Gasteiger partial charge in [-0.15, -0.1) is 11.3 Å². The molecule has 0 bridgehead atoms. The summed E-state index contributed by atoms with van der Waals surface area (Å²) >= 11 is 1.66. The number of hydrogen-bond donors (Lipinski definition) is 2. The van der Waals surface area contributed by atoms with E-state index in [1.165, 1.54) is 0 Å². The molecule has 2 N–H and O–H groups in total. The molecule has 108 valence electrons. The molecule has 2 rings (SSSR count). The third-order valence-electron chi connectivity index (χ3n) is 2.73. The van der Waals surface area contributed by atoms with Crippen LogP contribution in [0.25, 0.3) is 0 Å². The van der Waals surface area contributed by atoms with Crippen molar-refractivity contribution in [1.29, 1.82) is 0 Å². The summed E-state index contributed by atoms with van der Waals surface area (Å²) in [4.78, 5) is 13.5. The van der Waals surface area contributed by atoms with E-state index < -0.39 is 0 Å². The predicted octanol–water partition coefficient (Wildman–Crippen LogP) is 3.41. The van der Waals surface area contributed by atoms with Crippen molar-refractivity contribution in [3.05, 3.63) is 28.0 Å². The molecule has 0 amide bonds. The van der Waals surface area contributed by atoms with Crippen molar-refractivity contribution < 1.29 is 0 Å². The van der Waals surface area contributed by atoms with Crippen LogP contribution in [0.1, 0.15) is 43.2 Å². The lowest BCUT2D eigenvalue weighted by Crippen LogP contribution is -2.09. The van der Waals surface area contributed by atoms with Gasteiger partial charge in [-0.3, -0.25) is 0 Å². The summed E-state index contributed by atoms with van der Waals surface area (Å²) in [6.45, 7) is 9.79. The van der Waals surface area contributed by atoms with Gasteiger partial charge in [-0.05, 0) is 13.8 Å². The maximum atomic E-state index is 4.55. The largest absolute Gasteiger partial charge is 0.370 e. The van der Waals surface area contributed by atoms with E-state index in [4.69, 9.17) is 0 Å². The summed E-state index contributed by atoms with van der Waals surface area (Å²) in [5, 5.41) is 9.71. The average Bonchev–Trinajstić information content (AvgIpc) is 2.82. The summed E-state index contributed by atoms with van der Waals surface area (Å²) in [6.07, 6.45) is 0. The Morgan fingerprint density at radius 2 is 1.85 bits per heavy atom. The lowest BCUT2D eigenvalue weighted by molar-refractivity contribution is 0.774. The zero-order chi connectivity index (χ0) is 14.5. The molecule has 0 unspecified atom stereocenters. The number of thiazole rings is 1. The van der Waals surface area contributed by atoms with Gasteiger partial charge in [0.1, 0.15) is 17.5 Å². The second-order valence-electron chi connectivity index (χ2n) is 4.89. The van der Waals surface area contributed by atoms with Crippen LogP contribution in [0.4, 0.5) is 11.6 Å². The molecule has 0 atom stereocenters. The van der Waals surface area contributed by atoms with Crippen LogP contribution >= 0.6 is 11.3 Å². The quantitative estimate of drug-likeness (QED) is 0.854. The minimum Gasteiger partial charge on any atom is -0.370 e. The highest BCUT2D eigenvalue weighted by molar-refractivity contribution is 7.09. The van der Waals surface area contributed by atoms with E-state index in [-0.39, 0.29) is 0 Å². The highest BCUT2D eigenvalue weighted by Gasteiger charge is 2.08. The number of rotatable bonds is 6. The second-order valence-corrected chi connectivity index (χ2v) is 5.96. The Hall–Kier alpha value is -1.69. The molecule has 20 heavy (non-hydrogen) atoms. The summed E-state index contributed by atoms with van der Waals surface area (Å²) in [6, 6.07) is 1.94. The fourth-order valence-electron chi connectivity index (χ4n) is 1.76. The molecule has 0 aromatic carbocycles. The minimum atomic E-state index is 0.302. The van der Waals surface area contributed by atoms with Crippen molar-refractivity contribution in [3.63, 3.8) is 0 Å². The SMILES string of the molecule is CCNc1cc(NCc2csc(C)n2)nc(C(C)C)n1. The van der Waals surface area contributed by atoms with Gasteiger partial charge in [0.15, 0.2) is 0 Å². The van der Waals surface area contributed by atoms with Crippen molar-refractivity contribution in [1.82, 2.24) is 15.0 Å². The van der Waals surface area contributed by atoms with Gasteiger partial charge in [-0.25, -0.2) is 15.0 Å². The summed E-state index contributed by atoms with van der Waals surface area (Å²) in [7, 11) is 0. The lowest BCUT2D eigenvalue weighted by atomic mass is 10.2. The smallest absolute Gasteiger partial charge is 0.135 e. The van der Waals surface area contributed by atoms with Crippen molar-refractivity contribution in [3.8, 4) is 0 Å². The second kappa shape index (κ2) is 6.65. The molecule has 0 fully saturated rings. The first-order valence-electron chi connectivity index (χ1n) is 6.86. The Kier molecular flexibility index (Phi) is 4.89. The molecule has 2 aromatic heterocycles. The van der Waals surface area contributed by atoms with E-state index >= 15 is 0 Å². The monoisotopic (exact) mass is 291 g/mol. The minimum absolute atomic E-state index is 0.302. The first kappa shape index (κ1) is 14.7. The fourth-order valence-corrected chi connectivity index (χ4v) is 2.37. The van der Waals surface area contributed by atoms with Crippen molar-refractivity contribution >= 4 is 23.0 Å². The van der Waals surface area contributed by atoms with Crippen LogP contribution in [0.2, 0.25) is 0 Å². The Balaban J connectivity index is 2.13. The molecule has 0 aliphatic heterocycles. The van der Waals surface area contributed by atoms with Crippen LogP contribution in [0, 0.1) is 6.92 Å². The number of hydrogen-bond acceptors (Lipinski definition) is 6. The van der Waals surface area contributed by atoms with Crippen LogP contribution in [0.15, 0.2) is 11.4 Å². The molecule has 5 nitrogen and oxygen atoms in total. The number of aromatic nitrogens is 3.